The van der Waals surface area contributed by atoms with Gasteiger partial charge in [0, 0.05) is 22.3 Å². The van der Waals surface area contributed by atoms with Gasteiger partial charge >= 0.3 is 0 Å². The van der Waals surface area contributed by atoms with Crippen LogP contribution in [0.1, 0.15) is 24.1 Å². The number of hydrogen-bond donors (Lipinski definition) is 2. The van der Waals surface area contributed by atoms with Crippen LogP contribution in [0.2, 0.25) is 0 Å². The fraction of sp³-hybridized carbons (Fsp3) is 0.333. The van der Waals surface area contributed by atoms with Gasteiger partial charge in [-0.1, -0.05) is 6.07 Å². The minimum Gasteiger partial charge on any atom is -0.399 e. The number of fused-ring (bicyclic) bond motifs is 3. The second-order valence-electron chi connectivity index (χ2n) is 4.09. The van der Waals surface area contributed by atoms with Crippen LogP contribution in [0.4, 0.5) is 5.69 Å². The van der Waals surface area contributed by atoms with Gasteiger partial charge in [0.2, 0.25) is 0 Å². The van der Waals surface area contributed by atoms with Gasteiger partial charge in [-0.3, -0.25) is 0 Å². The summed E-state index contributed by atoms with van der Waals surface area (Å²) in [6.45, 7) is 0. The van der Waals surface area contributed by atoms with Crippen molar-refractivity contribution in [2.24, 2.45) is 0 Å². The van der Waals surface area contributed by atoms with Gasteiger partial charge in [-0.2, -0.15) is 0 Å². The summed E-state index contributed by atoms with van der Waals surface area (Å²) in [5, 5.41) is 1.37. The molecule has 0 atom stereocenters. The Hall–Kier alpha value is -1.44. The molecule has 0 spiro atoms. The van der Waals surface area contributed by atoms with Gasteiger partial charge < -0.3 is 10.7 Å². The smallest absolute Gasteiger partial charge is 0.0479 e. The number of benzene rings is 1. The largest absolute Gasteiger partial charge is 0.399 e. The molecule has 1 aromatic carbocycles. The van der Waals surface area contributed by atoms with E-state index in [4.69, 9.17) is 5.73 Å². The van der Waals surface area contributed by atoms with Gasteiger partial charge in [0.05, 0.1) is 0 Å². The summed E-state index contributed by atoms with van der Waals surface area (Å²) < 4.78 is 0. The molecule has 1 heterocycles. The average molecular weight is 186 g/mol. The fourth-order valence-electron chi connectivity index (χ4n) is 2.43. The monoisotopic (exact) mass is 186 g/mol. The van der Waals surface area contributed by atoms with Gasteiger partial charge in [-0.15, -0.1) is 0 Å². The number of nitrogen functional groups attached to an aromatic ring is 1. The lowest BCUT2D eigenvalue weighted by Crippen LogP contribution is -1.99. The quantitative estimate of drug-likeness (QED) is 0.610. The summed E-state index contributed by atoms with van der Waals surface area (Å²) in [5.41, 5.74) is 10.8. The van der Waals surface area contributed by atoms with E-state index in [0.717, 1.165) is 5.69 Å². The van der Waals surface area contributed by atoms with E-state index in [0.29, 0.717) is 0 Å². The zero-order chi connectivity index (χ0) is 9.54. The van der Waals surface area contributed by atoms with E-state index in [1.165, 1.54) is 47.8 Å². The summed E-state index contributed by atoms with van der Waals surface area (Å²) >= 11 is 0. The molecule has 0 unspecified atom stereocenters. The van der Waals surface area contributed by atoms with Crippen LogP contribution in [-0.4, -0.2) is 4.98 Å². The molecular weight excluding hydrogens is 172 g/mol. The molecule has 3 rings (SSSR count). The summed E-state index contributed by atoms with van der Waals surface area (Å²) in [6, 6.07) is 6.17. The molecule has 14 heavy (non-hydrogen) atoms. The third-order valence-corrected chi connectivity index (χ3v) is 3.12. The zero-order valence-electron chi connectivity index (χ0n) is 8.14. The average Bonchev–Trinajstić information content (AvgIpc) is 2.54. The molecule has 2 aromatic rings. The number of nitrogens with one attached hydrogen (secondary N) is 1. The van der Waals surface area contributed by atoms with E-state index in [9.17, 15) is 0 Å². The first-order chi connectivity index (χ1) is 6.84. The Morgan fingerprint density at radius 1 is 1.14 bits per heavy atom. The van der Waals surface area contributed by atoms with Crippen LogP contribution in [0.15, 0.2) is 18.2 Å². The maximum Gasteiger partial charge on any atom is 0.0479 e. The number of hydrogen-bond acceptors (Lipinski definition) is 1. The molecule has 0 saturated carbocycles. The number of H-pyrrole nitrogens is 1. The lowest BCUT2D eigenvalue weighted by molar-refractivity contribution is 0.680. The van der Waals surface area contributed by atoms with E-state index < -0.39 is 0 Å². The van der Waals surface area contributed by atoms with Crippen molar-refractivity contribution in [1.82, 2.24) is 4.98 Å². The van der Waals surface area contributed by atoms with Crippen LogP contribution >= 0.6 is 0 Å². The highest BCUT2D eigenvalue weighted by Gasteiger charge is 2.14. The summed E-state index contributed by atoms with van der Waals surface area (Å²) in [7, 11) is 0. The standard InChI is InChI=1S/C12H14N2/c13-8-5-6-10-9-3-1-2-4-11(9)14-12(10)7-8/h5-7,14H,1-4,13H2. The Morgan fingerprint density at radius 2 is 2.00 bits per heavy atom. The molecule has 0 aliphatic heterocycles. The van der Waals surface area contributed by atoms with E-state index in [2.05, 4.69) is 11.1 Å². The molecule has 0 radical (unpaired) electrons. The second-order valence-corrected chi connectivity index (χ2v) is 4.09. The summed E-state index contributed by atoms with van der Waals surface area (Å²) in [5.74, 6) is 0. The van der Waals surface area contributed by atoms with Crippen LogP contribution in [-0.2, 0) is 12.8 Å². The minimum absolute atomic E-state index is 0.844. The van der Waals surface area contributed by atoms with E-state index >= 15 is 0 Å². The molecule has 0 bridgehead atoms. The Labute approximate surface area is 83.1 Å². The van der Waals surface area contributed by atoms with Crippen molar-refractivity contribution in [3.8, 4) is 0 Å². The second kappa shape index (κ2) is 2.77. The number of rotatable bonds is 0. The van der Waals surface area contributed by atoms with Crippen LogP contribution in [0.25, 0.3) is 10.9 Å². The van der Waals surface area contributed by atoms with Crippen LogP contribution < -0.4 is 5.73 Å². The van der Waals surface area contributed by atoms with Crippen molar-refractivity contribution in [2.75, 3.05) is 5.73 Å². The number of aromatic nitrogens is 1. The van der Waals surface area contributed by atoms with Gasteiger partial charge in [0.1, 0.15) is 0 Å². The van der Waals surface area contributed by atoms with Gasteiger partial charge in [-0.25, -0.2) is 0 Å². The molecule has 3 N–H and O–H groups in total. The van der Waals surface area contributed by atoms with Crippen molar-refractivity contribution >= 4 is 16.6 Å². The molecule has 2 heteroatoms. The van der Waals surface area contributed by atoms with Crippen molar-refractivity contribution in [2.45, 2.75) is 25.7 Å². The van der Waals surface area contributed by atoms with Crippen molar-refractivity contribution in [1.29, 1.82) is 0 Å². The van der Waals surface area contributed by atoms with E-state index in [1.54, 1.807) is 0 Å². The van der Waals surface area contributed by atoms with E-state index in [1.807, 2.05) is 12.1 Å². The predicted octanol–water partition coefficient (Wildman–Crippen LogP) is 2.63. The molecule has 0 amide bonds. The molecule has 72 valence electrons. The van der Waals surface area contributed by atoms with E-state index in [-0.39, 0.29) is 0 Å². The normalized spacial score (nSPS) is 15.7. The van der Waals surface area contributed by atoms with Crippen molar-refractivity contribution in [3.05, 3.63) is 29.5 Å². The first-order valence-electron chi connectivity index (χ1n) is 5.23. The summed E-state index contributed by atoms with van der Waals surface area (Å²) in [4.78, 5) is 3.48. The number of anilines is 1. The lowest BCUT2D eigenvalue weighted by Gasteiger charge is -2.10. The Bertz CT molecular complexity index is 482. The highest BCUT2D eigenvalue weighted by molar-refractivity contribution is 5.87. The third kappa shape index (κ3) is 1.03. The zero-order valence-corrected chi connectivity index (χ0v) is 8.14. The lowest BCUT2D eigenvalue weighted by atomic mass is 9.96. The molecule has 1 aliphatic rings. The van der Waals surface area contributed by atoms with Gasteiger partial charge in [0.15, 0.2) is 0 Å². The highest BCUT2D eigenvalue weighted by Crippen LogP contribution is 2.29. The van der Waals surface area contributed by atoms with Crippen LogP contribution in [0.5, 0.6) is 0 Å². The third-order valence-electron chi connectivity index (χ3n) is 3.12. The Kier molecular flexibility index (Phi) is 1.57. The molecule has 1 aliphatic carbocycles. The fourth-order valence-corrected chi connectivity index (χ4v) is 2.43. The Balaban J connectivity index is 2.31. The maximum absolute atomic E-state index is 5.76. The molecule has 0 fully saturated rings. The van der Waals surface area contributed by atoms with Crippen molar-refractivity contribution in [3.63, 3.8) is 0 Å². The van der Waals surface area contributed by atoms with Crippen LogP contribution in [0.3, 0.4) is 0 Å². The number of aromatic amines is 1. The number of nitrogens with two attached hydrogens (primary N) is 1. The van der Waals surface area contributed by atoms with Gasteiger partial charge in [-0.05, 0) is 43.4 Å². The first-order valence-corrected chi connectivity index (χ1v) is 5.23. The molecule has 2 nitrogen and oxygen atoms in total. The van der Waals surface area contributed by atoms with Gasteiger partial charge in [0.25, 0.3) is 0 Å². The molecular formula is C12H14N2. The topological polar surface area (TPSA) is 41.8 Å². The maximum atomic E-state index is 5.76. The molecule has 1 aromatic heterocycles. The minimum atomic E-state index is 0.844. The van der Waals surface area contributed by atoms with Crippen LogP contribution in [0, 0.1) is 0 Å². The number of aryl methyl sites for hydroxylation is 2. The predicted molar refractivity (Wildman–Crippen MR) is 59.4 cm³/mol. The first kappa shape index (κ1) is 7.92. The molecule has 0 saturated heterocycles. The van der Waals surface area contributed by atoms with Crippen molar-refractivity contribution < 1.29 is 0 Å². The SMILES string of the molecule is Nc1ccc2c3c([nH]c2c1)CCCC3. The highest BCUT2D eigenvalue weighted by atomic mass is 14.7. The Morgan fingerprint density at radius 3 is 2.93 bits per heavy atom. The summed E-state index contributed by atoms with van der Waals surface area (Å²) in [6.07, 6.45) is 5.06.